The summed E-state index contributed by atoms with van der Waals surface area (Å²) in [6.45, 7) is 4.36. The van der Waals surface area contributed by atoms with Crippen LogP contribution < -0.4 is 19.5 Å². The monoisotopic (exact) mass is 461 g/mol. The summed E-state index contributed by atoms with van der Waals surface area (Å²) in [5.74, 6) is 1.66. The molecule has 0 unspecified atom stereocenters. The number of hydrogen-bond donors (Lipinski definition) is 1. The standard InChI is InChI=1S/C22H20ClNO4S2/c1-3-4-14-5-7-18(19(11-14)26-2)28-10-9-27-17-8-6-16(23)12-15(17)13-20-21(25)24-22(29)30-20/h3,5-8,11-13H,1,4,9-10H2,2H3,(H,24,25,29). The molecule has 1 aliphatic rings. The molecule has 3 rings (SSSR count). The van der Waals surface area contributed by atoms with Gasteiger partial charge in [-0.15, -0.1) is 6.58 Å². The van der Waals surface area contributed by atoms with Crippen molar-refractivity contribution in [2.45, 2.75) is 6.42 Å². The van der Waals surface area contributed by atoms with E-state index in [1.54, 1.807) is 31.4 Å². The molecule has 0 aromatic heterocycles. The van der Waals surface area contributed by atoms with Gasteiger partial charge in [0.1, 0.15) is 23.3 Å². The molecule has 0 aliphatic carbocycles. The van der Waals surface area contributed by atoms with Crippen molar-refractivity contribution in [2.75, 3.05) is 20.3 Å². The van der Waals surface area contributed by atoms with Crippen LogP contribution in [0.4, 0.5) is 0 Å². The molecule has 1 N–H and O–H groups in total. The maximum Gasteiger partial charge on any atom is 0.263 e. The molecule has 8 heteroatoms. The topological polar surface area (TPSA) is 56.8 Å². The van der Waals surface area contributed by atoms with Crippen LogP contribution in [0.15, 0.2) is 54.0 Å². The molecule has 0 bridgehead atoms. The van der Waals surface area contributed by atoms with Crippen molar-refractivity contribution in [1.29, 1.82) is 0 Å². The molecular formula is C22H20ClNO4S2. The number of halogens is 1. The van der Waals surface area contributed by atoms with Crippen LogP contribution in [0.2, 0.25) is 5.02 Å². The normalized spacial score (nSPS) is 14.5. The lowest BCUT2D eigenvalue weighted by molar-refractivity contribution is -0.115. The molecule has 30 heavy (non-hydrogen) atoms. The number of benzene rings is 2. The Labute approximate surface area is 190 Å². The van der Waals surface area contributed by atoms with Crippen LogP contribution in [0.3, 0.4) is 0 Å². The highest BCUT2D eigenvalue weighted by Gasteiger charge is 2.22. The number of nitrogens with one attached hydrogen (secondary N) is 1. The first-order chi connectivity index (χ1) is 14.5. The van der Waals surface area contributed by atoms with Gasteiger partial charge < -0.3 is 19.5 Å². The van der Waals surface area contributed by atoms with E-state index in [-0.39, 0.29) is 5.91 Å². The van der Waals surface area contributed by atoms with Crippen LogP contribution in [-0.4, -0.2) is 30.6 Å². The molecule has 0 spiro atoms. The minimum atomic E-state index is -0.230. The van der Waals surface area contributed by atoms with Crippen LogP contribution >= 0.6 is 35.6 Å². The summed E-state index contributed by atoms with van der Waals surface area (Å²) in [5.41, 5.74) is 1.79. The fourth-order valence-electron chi connectivity index (χ4n) is 2.75. The largest absolute Gasteiger partial charge is 0.493 e. The molecule has 0 radical (unpaired) electrons. The van der Waals surface area contributed by atoms with Crippen molar-refractivity contribution < 1.29 is 19.0 Å². The minimum Gasteiger partial charge on any atom is -0.493 e. The van der Waals surface area contributed by atoms with Crippen LogP contribution in [0.5, 0.6) is 17.2 Å². The van der Waals surface area contributed by atoms with Gasteiger partial charge in [-0.05, 0) is 48.4 Å². The first-order valence-electron chi connectivity index (χ1n) is 9.08. The number of methoxy groups -OCH3 is 1. The molecule has 1 fully saturated rings. The van der Waals surface area contributed by atoms with Gasteiger partial charge in [0.15, 0.2) is 11.5 Å². The van der Waals surface area contributed by atoms with Crippen molar-refractivity contribution >= 4 is 51.9 Å². The predicted octanol–water partition coefficient (Wildman–Crippen LogP) is 5.02. The maximum atomic E-state index is 11.9. The Morgan fingerprint density at radius 3 is 2.53 bits per heavy atom. The van der Waals surface area contributed by atoms with Crippen molar-refractivity contribution in [3.63, 3.8) is 0 Å². The zero-order chi connectivity index (χ0) is 21.5. The average Bonchev–Trinajstić information content (AvgIpc) is 3.04. The molecule has 1 aliphatic heterocycles. The fourth-order valence-corrected chi connectivity index (χ4v) is 3.97. The molecule has 156 valence electrons. The molecule has 2 aromatic rings. The van der Waals surface area contributed by atoms with Crippen LogP contribution in [-0.2, 0) is 11.2 Å². The van der Waals surface area contributed by atoms with Gasteiger partial charge in [0.05, 0.1) is 12.0 Å². The smallest absolute Gasteiger partial charge is 0.263 e. The van der Waals surface area contributed by atoms with Crippen LogP contribution in [0, 0.1) is 0 Å². The molecule has 0 atom stereocenters. The lowest BCUT2D eigenvalue weighted by atomic mass is 10.1. The number of allylic oxidation sites excluding steroid dienone is 1. The van der Waals surface area contributed by atoms with Gasteiger partial charge >= 0.3 is 0 Å². The summed E-state index contributed by atoms with van der Waals surface area (Å²) < 4.78 is 17.5. The number of amides is 1. The zero-order valence-corrected chi connectivity index (χ0v) is 18.7. The van der Waals surface area contributed by atoms with E-state index in [4.69, 9.17) is 38.0 Å². The molecule has 1 amide bonds. The molecule has 1 heterocycles. The summed E-state index contributed by atoms with van der Waals surface area (Å²) in [6, 6.07) is 11.0. The van der Waals surface area contributed by atoms with Crippen LogP contribution in [0.25, 0.3) is 6.08 Å². The van der Waals surface area contributed by atoms with Gasteiger partial charge in [-0.2, -0.15) is 0 Å². The highest BCUT2D eigenvalue weighted by molar-refractivity contribution is 8.26. The van der Waals surface area contributed by atoms with Gasteiger partial charge in [0, 0.05) is 10.6 Å². The molecular weight excluding hydrogens is 442 g/mol. The minimum absolute atomic E-state index is 0.230. The summed E-state index contributed by atoms with van der Waals surface area (Å²) in [4.78, 5) is 12.4. The fraction of sp³-hybridized carbons (Fsp3) is 0.182. The second kappa shape index (κ2) is 10.5. The predicted molar refractivity (Wildman–Crippen MR) is 126 cm³/mol. The Balaban J connectivity index is 1.64. The van der Waals surface area contributed by atoms with E-state index < -0.39 is 0 Å². The Morgan fingerprint density at radius 2 is 1.87 bits per heavy atom. The third-order valence-corrected chi connectivity index (χ3v) is 5.50. The first kappa shape index (κ1) is 22.2. The summed E-state index contributed by atoms with van der Waals surface area (Å²) in [7, 11) is 1.60. The highest BCUT2D eigenvalue weighted by atomic mass is 35.5. The second-order valence-corrected chi connectivity index (χ2v) is 8.36. The van der Waals surface area contributed by atoms with Gasteiger partial charge in [-0.3, -0.25) is 4.79 Å². The van der Waals surface area contributed by atoms with Gasteiger partial charge in [-0.1, -0.05) is 47.7 Å². The Kier molecular flexibility index (Phi) is 7.79. The van der Waals surface area contributed by atoms with Gasteiger partial charge in [-0.25, -0.2) is 0 Å². The number of hydrogen-bond acceptors (Lipinski definition) is 6. The highest BCUT2D eigenvalue weighted by Crippen LogP contribution is 2.31. The number of thioether (sulfide) groups is 1. The molecule has 0 saturated carbocycles. The van der Waals surface area contributed by atoms with Gasteiger partial charge in [0.25, 0.3) is 5.91 Å². The lowest BCUT2D eigenvalue weighted by Crippen LogP contribution is -2.17. The van der Waals surface area contributed by atoms with E-state index >= 15 is 0 Å². The van der Waals surface area contributed by atoms with Crippen molar-refractivity contribution in [3.05, 3.63) is 70.1 Å². The molecule has 1 saturated heterocycles. The number of carbonyl (C=O) groups is 1. The summed E-state index contributed by atoms with van der Waals surface area (Å²) in [6.07, 6.45) is 4.31. The van der Waals surface area contributed by atoms with Crippen molar-refractivity contribution in [1.82, 2.24) is 5.32 Å². The third-order valence-electron chi connectivity index (χ3n) is 4.11. The second-order valence-electron chi connectivity index (χ2n) is 6.21. The van der Waals surface area contributed by atoms with E-state index in [1.807, 2.05) is 24.3 Å². The summed E-state index contributed by atoms with van der Waals surface area (Å²) in [5, 5.41) is 3.13. The van der Waals surface area contributed by atoms with E-state index in [2.05, 4.69) is 11.9 Å². The Morgan fingerprint density at radius 1 is 1.13 bits per heavy atom. The Bertz CT molecular complexity index is 1010. The number of carbonyl (C=O) groups excluding carboxylic acids is 1. The maximum absolute atomic E-state index is 11.9. The zero-order valence-electron chi connectivity index (χ0n) is 16.3. The van der Waals surface area contributed by atoms with E-state index in [0.717, 1.165) is 12.0 Å². The van der Waals surface area contributed by atoms with E-state index in [0.29, 0.717) is 50.3 Å². The summed E-state index contributed by atoms with van der Waals surface area (Å²) >= 11 is 12.3. The van der Waals surface area contributed by atoms with Crippen molar-refractivity contribution in [3.8, 4) is 17.2 Å². The molecule has 2 aromatic carbocycles. The number of ether oxygens (including phenoxy) is 3. The van der Waals surface area contributed by atoms with E-state index in [1.165, 1.54) is 11.8 Å². The SMILES string of the molecule is C=CCc1ccc(OCCOc2ccc(Cl)cc2C=C2SC(=S)NC2=O)c(OC)c1. The van der Waals surface area contributed by atoms with Crippen LogP contribution in [0.1, 0.15) is 11.1 Å². The lowest BCUT2D eigenvalue weighted by Gasteiger charge is -2.13. The van der Waals surface area contributed by atoms with Crippen molar-refractivity contribution in [2.24, 2.45) is 0 Å². The molecule has 5 nitrogen and oxygen atoms in total. The number of rotatable bonds is 9. The van der Waals surface area contributed by atoms with E-state index in [9.17, 15) is 4.79 Å². The number of thiocarbonyl (C=S) groups is 1. The third kappa shape index (κ3) is 5.78. The average molecular weight is 462 g/mol. The quantitative estimate of drug-likeness (QED) is 0.245. The van der Waals surface area contributed by atoms with Gasteiger partial charge in [0.2, 0.25) is 0 Å². The Hall–Kier alpha value is -2.48. The first-order valence-corrected chi connectivity index (χ1v) is 10.7.